The minimum absolute atomic E-state index is 0.0365. The Kier molecular flexibility index (Phi) is 2.90. The van der Waals surface area contributed by atoms with Crippen LogP contribution in [0.15, 0.2) is 11.9 Å². The third kappa shape index (κ3) is 2.12. The van der Waals surface area contributed by atoms with Gasteiger partial charge < -0.3 is 10.2 Å². The van der Waals surface area contributed by atoms with Crippen molar-refractivity contribution >= 4 is 23.2 Å². The molecule has 0 aromatic heterocycles. The molecular weight excluding hydrogens is 210 g/mol. The summed E-state index contributed by atoms with van der Waals surface area (Å²) in [4.78, 5) is 15.3. The van der Waals surface area contributed by atoms with Crippen LogP contribution < -0.4 is 5.32 Å². The van der Waals surface area contributed by atoms with Gasteiger partial charge in [-0.1, -0.05) is 0 Å². The van der Waals surface area contributed by atoms with E-state index in [-0.39, 0.29) is 5.91 Å². The minimum Gasteiger partial charge on any atom is -0.376 e. The number of thiocarbonyl (C=S) groups is 1. The first kappa shape index (κ1) is 10.4. The number of hydrogen-bond donors (Lipinski definition) is 1. The van der Waals surface area contributed by atoms with Crippen molar-refractivity contribution in [2.45, 2.75) is 19.3 Å². The molecule has 4 nitrogen and oxygen atoms in total. The number of nitrogens with zero attached hydrogens (tertiary/aromatic N) is 2. The lowest BCUT2D eigenvalue weighted by Crippen LogP contribution is -2.26. The third-order valence-electron chi connectivity index (χ3n) is 2.78. The van der Waals surface area contributed by atoms with Crippen molar-refractivity contribution in [2.24, 2.45) is 0 Å². The molecule has 2 fully saturated rings. The Morgan fingerprint density at radius 1 is 1.33 bits per heavy atom. The van der Waals surface area contributed by atoms with Crippen LogP contribution in [-0.2, 0) is 4.79 Å². The lowest BCUT2D eigenvalue weighted by atomic mass is 10.1. The molecule has 0 bridgehead atoms. The predicted octanol–water partition coefficient (Wildman–Crippen LogP) is 0.660. The molecule has 2 aliphatic heterocycles. The Morgan fingerprint density at radius 2 is 2.00 bits per heavy atom. The zero-order valence-corrected chi connectivity index (χ0v) is 9.64. The van der Waals surface area contributed by atoms with E-state index in [0.29, 0.717) is 10.8 Å². The van der Waals surface area contributed by atoms with Crippen molar-refractivity contribution in [3.63, 3.8) is 0 Å². The van der Waals surface area contributed by atoms with Crippen LogP contribution in [0.2, 0.25) is 0 Å². The molecule has 82 valence electrons. The Bertz CT molecular complexity index is 321. The minimum atomic E-state index is -0.0365. The van der Waals surface area contributed by atoms with Gasteiger partial charge in [0, 0.05) is 26.3 Å². The summed E-state index contributed by atoms with van der Waals surface area (Å²) >= 11 is 5.00. The van der Waals surface area contributed by atoms with Gasteiger partial charge in [-0.2, -0.15) is 0 Å². The molecule has 0 saturated carbocycles. The number of nitrogens with one attached hydrogen (secondary N) is 1. The van der Waals surface area contributed by atoms with E-state index in [1.165, 1.54) is 24.2 Å². The summed E-state index contributed by atoms with van der Waals surface area (Å²) < 4.78 is 0. The first-order valence-corrected chi connectivity index (χ1v) is 5.64. The van der Waals surface area contributed by atoms with Gasteiger partial charge in [0.2, 0.25) is 0 Å². The molecule has 0 spiro atoms. The number of rotatable bonds is 1. The number of hydrogen-bond acceptors (Lipinski definition) is 3. The first-order valence-electron chi connectivity index (χ1n) is 5.23. The summed E-state index contributed by atoms with van der Waals surface area (Å²) in [6.07, 6.45) is 5.60. The average molecular weight is 225 g/mol. The van der Waals surface area contributed by atoms with Crippen LogP contribution in [0.4, 0.5) is 0 Å². The zero-order chi connectivity index (χ0) is 10.8. The van der Waals surface area contributed by atoms with Gasteiger partial charge in [-0.25, -0.2) is 0 Å². The molecule has 0 unspecified atom stereocenters. The van der Waals surface area contributed by atoms with Gasteiger partial charge in [0.05, 0.1) is 0 Å². The second-order valence-corrected chi connectivity index (χ2v) is 4.32. The van der Waals surface area contributed by atoms with E-state index in [1.807, 2.05) is 6.20 Å². The summed E-state index contributed by atoms with van der Waals surface area (Å²) in [5.74, 6) is -0.0365. The summed E-state index contributed by atoms with van der Waals surface area (Å²) in [7, 11) is 1.69. The van der Waals surface area contributed by atoms with Crippen molar-refractivity contribution in [1.82, 2.24) is 15.1 Å². The first-order chi connectivity index (χ1) is 7.18. The van der Waals surface area contributed by atoms with Crippen molar-refractivity contribution in [1.29, 1.82) is 0 Å². The van der Waals surface area contributed by atoms with E-state index in [4.69, 9.17) is 12.2 Å². The largest absolute Gasteiger partial charge is 0.376 e. The van der Waals surface area contributed by atoms with Crippen LogP contribution in [0.1, 0.15) is 19.3 Å². The highest BCUT2D eigenvalue weighted by atomic mass is 32.1. The van der Waals surface area contributed by atoms with Crippen molar-refractivity contribution in [3.05, 3.63) is 11.9 Å². The van der Waals surface area contributed by atoms with Crippen LogP contribution in [0.25, 0.3) is 0 Å². The molecule has 2 aliphatic rings. The van der Waals surface area contributed by atoms with Gasteiger partial charge in [0.15, 0.2) is 5.11 Å². The second-order valence-electron chi connectivity index (χ2n) is 3.93. The average Bonchev–Trinajstić information content (AvgIpc) is 2.48. The van der Waals surface area contributed by atoms with Crippen molar-refractivity contribution in [3.8, 4) is 0 Å². The van der Waals surface area contributed by atoms with Gasteiger partial charge in [0.1, 0.15) is 5.70 Å². The maximum atomic E-state index is 11.7. The van der Waals surface area contributed by atoms with Crippen LogP contribution in [0, 0.1) is 0 Å². The molecule has 5 heteroatoms. The molecule has 0 atom stereocenters. The van der Waals surface area contributed by atoms with Crippen molar-refractivity contribution in [2.75, 3.05) is 20.1 Å². The molecule has 2 saturated heterocycles. The van der Waals surface area contributed by atoms with Gasteiger partial charge in [0.25, 0.3) is 5.91 Å². The zero-order valence-electron chi connectivity index (χ0n) is 8.82. The van der Waals surface area contributed by atoms with E-state index < -0.39 is 0 Å². The molecule has 2 rings (SSSR count). The summed E-state index contributed by atoms with van der Waals surface area (Å²) in [6.45, 7) is 2.07. The fraction of sp³-hybridized carbons (Fsp3) is 0.600. The Hall–Kier alpha value is -1.10. The quantitative estimate of drug-likeness (QED) is 0.525. The molecule has 1 N–H and O–H groups in total. The lowest BCUT2D eigenvalue weighted by Gasteiger charge is -2.25. The number of carbonyl (C=O) groups is 1. The van der Waals surface area contributed by atoms with Crippen LogP contribution in [0.3, 0.4) is 0 Å². The lowest BCUT2D eigenvalue weighted by molar-refractivity contribution is -0.121. The molecule has 1 amide bonds. The second kappa shape index (κ2) is 4.18. The number of amides is 1. The summed E-state index contributed by atoms with van der Waals surface area (Å²) in [6, 6.07) is 0. The normalized spacial score (nSPS) is 25.0. The van der Waals surface area contributed by atoms with Crippen LogP contribution in [0.5, 0.6) is 0 Å². The maximum Gasteiger partial charge on any atom is 0.277 e. The van der Waals surface area contributed by atoms with Gasteiger partial charge in [-0.05, 0) is 31.5 Å². The molecular formula is C10H15N3OS. The molecule has 0 aromatic carbocycles. The van der Waals surface area contributed by atoms with E-state index >= 15 is 0 Å². The third-order valence-corrected chi connectivity index (χ3v) is 3.16. The highest BCUT2D eigenvalue weighted by molar-refractivity contribution is 7.80. The van der Waals surface area contributed by atoms with Gasteiger partial charge in [-0.15, -0.1) is 0 Å². The number of piperidine rings is 1. The number of likely N-dealkylation sites (tertiary alicyclic amines) is 1. The molecule has 0 aromatic rings. The summed E-state index contributed by atoms with van der Waals surface area (Å²) in [5.41, 5.74) is 0.601. The van der Waals surface area contributed by atoms with E-state index in [0.717, 1.165) is 13.1 Å². The number of likely N-dealkylation sites (N-methyl/N-ethyl adjacent to an activating group) is 1. The monoisotopic (exact) mass is 225 g/mol. The maximum absolute atomic E-state index is 11.7. The van der Waals surface area contributed by atoms with Gasteiger partial charge in [-0.3, -0.25) is 9.69 Å². The fourth-order valence-electron chi connectivity index (χ4n) is 1.84. The highest BCUT2D eigenvalue weighted by Crippen LogP contribution is 2.13. The Morgan fingerprint density at radius 3 is 2.53 bits per heavy atom. The molecule has 0 radical (unpaired) electrons. The molecule has 0 aliphatic carbocycles. The van der Waals surface area contributed by atoms with E-state index in [1.54, 1.807) is 7.05 Å². The van der Waals surface area contributed by atoms with Crippen molar-refractivity contribution < 1.29 is 4.79 Å². The molecule has 2 heterocycles. The van der Waals surface area contributed by atoms with Gasteiger partial charge >= 0.3 is 0 Å². The van der Waals surface area contributed by atoms with Crippen LogP contribution >= 0.6 is 12.2 Å². The summed E-state index contributed by atoms with van der Waals surface area (Å²) in [5, 5.41) is 3.42. The Labute approximate surface area is 94.9 Å². The highest BCUT2D eigenvalue weighted by Gasteiger charge is 2.27. The van der Waals surface area contributed by atoms with Crippen LogP contribution in [-0.4, -0.2) is 41.0 Å². The number of carbonyl (C=O) groups excluding carboxylic acids is 1. The Balaban J connectivity index is 2.07. The topological polar surface area (TPSA) is 35.6 Å². The SMILES string of the molecule is CN1C(=O)/C(=C\N2CCCCC2)NC1=S. The smallest absolute Gasteiger partial charge is 0.277 e. The van der Waals surface area contributed by atoms with E-state index in [2.05, 4.69) is 10.2 Å². The predicted molar refractivity (Wildman–Crippen MR) is 62.0 cm³/mol. The van der Waals surface area contributed by atoms with E-state index in [9.17, 15) is 4.79 Å². The fourth-order valence-corrected chi connectivity index (χ4v) is 2.04. The molecule has 15 heavy (non-hydrogen) atoms. The standard InChI is InChI=1S/C10H15N3OS/c1-12-9(14)8(11-10(12)15)7-13-5-3-2-4-6-13/h7H,2-6H2,1H3,(H,11,15)/b8-7+.